The van der Waals surface area contributed by atoms with Gasteiger partial charge in [0.1, 0.15) is 0 Å². The van der Waals surface area contributed by atoms with E-state index in [0.29, 0.717) is 6.04 Å². The Bertz CT molecular complexity index is 127. The summed E-state index contributed by atoms with van der Waals surface area (Å²) in [5, 5.41) is 9.46. The van der Waals surface area contributed by atoms with Gasteiger partial charge in [-0.25, -0.2) is 0 Å². The fourth-order valence-corrected chi connectivity index (χ4v) is 1.83. The molecule has 2 atom stereocenters. The van der Waals surface area contributed by atoms with E-state index in [9.17, 15) is 5.11 Å². The van der Waals surface area contributed by atoms with Gasteiger partial charge in [0.15, 0.2) is 0 Å². The number of piperidine rings is 1. The maximum absolute atomic E-state index is 9.46. The van der Waals surface area contributed by atoms with E-state index in [-0.39, 0.29) is 6.10 Å². The monoisotopic (exact) mass is 171 g/mol. The predicted octanol–water partition coefficient (Wildman–Crippen LogP) is 1.63. The van der Waals surface area contributed by atoms with E-state index < -0.39 is 0 Å². The fraction of sp³-hybridized carbons (Fsp3) is 1.00. The molecule has 0 radical (unpaired) electrons. The summed E-state index contributed by atoms with van der Waals surface area (Å²) in [7, 11) is 0. The van der Waals surface area contributed by atoms with E-state index in [1.165, 1.54) is 12.8 Å². The number of aliphatic hydroxyl groups is 1. The Morgan fingerprint density at radius 1 is 1.42 bits per heavy atom. The molecular weight excluding hydrogens is 150 g/mol. The van der Waals surface area contributed by atoms with Crippen LogP contribution in [-0.2, 0) is 0 Å². The van der Waals surface area contributed by atoms with Crippen molar-refractivity contribution in [2.24, 2.45) is 0 Å². The maximum Gasteiger partial charge on any atom is 0.0667 e. The summed E-state index contributed by atoms with van der Waals surface area (Å²) in [5.41, 5.74) is 0. The van der Waals surface area contributed by atoms with Gasteiger partial charge in [-0.2, -0.15) is 0 Å². The molecule has 0 aromatic rings. The molecule has 0 aliphatic carbocycles. The highest BCUT2D eigenvalue weighted by Crippen LogP contribution is 2.17. The van der Waals surface area contributed by atoms with Crippen LogP contribution in [0.15, 0.2) is 0 Å². The highest BCUT2D eigenvalue weighted by atomic mass is 16.3. The lowest BCUT2D eigenvalue weighted by Crippen LogP contribution is -2.44. The number of likely N-dealkylation sites (tertiary alicyclic amines) is 1. The second-order valence-corrected chi connectivity index (χ2v) is 3.93. The Labute approximate surface area is 75.6 Å². The SMILES string of the molecule is CCCCN1C[C@H](O)CC[C@H]1C. The molecule has 1 N–H and O–H groups in total. The van der Waals surface area contributed by atoms with Crippen LogP contribution in [0.1, 0.15) is 39.5 Å². The highest BCUT2D eigenvalue weighted by Gasteiger charge is 2.22. The number of unbranched alkanes of at least 4 members (excludes halogenated alkanes) is 1. The molecule has 0 aromatic carbocycles. The molecule has 0 amide bonds. The van der Waals surface area contributed by atoms with Gasteiger partial charge >= 0.3 is 0 Å². The van der Waals surface area contributed by atoms with Gasteiger partial charge in [0.05, 0.1) is 6.10 Å². The number of aliphatic hydroxyl groups excluding tert-OH is 1. The van der Waals surface area contributed by atoms with Gasteiger partial charge < -0.3 is 5.11 Å². The number of β-amino-alcohol motifs (C(OH)–C–C–N with tert-alkyl or cyclic N) is 1. The van der Waals surface area contributed by atoms with Crippen molar-refractivity contribution < 1.29 is 5.11 Å². The Hall–Kier alpha value is -0.0800. The van der Waals surface area contributed by atoms with Crippen molar-refractivity contribution in [2.75, 3.05) is 13.1 Å². The number of hydrogen-bond donors (Lipinski definition) is 1. The number of nitrogens with zero attached hydrogens (tertiary/aromatic N) is 1. The van der Waals surface area contributed by atoms with Crippen molar-refractivity contribution in [1.29, 1.82) is 0 Å². The first kappa shape index (κ1) is 10.0. The smallest absolute Gasteiger partial charge is 0.0667 e. The van der Waals surface area contributed by atoms with Crippen molar-refractivity contribution in [2.45, 2.75) is 51.7 Å². The van der Waals surface area contributed by atoms with Crippen LogP contribution in [0.3, 0.4) is 0 Å². The van der Waals surface area contributed by atoms with Crippen LogP contribution >= 0.6 is 0 Å². The molecule has 1 aliphatic rings. The third-order valence-corrected chi connectivity index (χ3v) is 2.79. The second kappa shape index (κ2) is 4.83. The lowest BCUT2D eigenvalue weighted by atomic mass is 10.0. The minimum Gasteiger partial charge on any atom is -0.392 e. The third-order valence-electron chi connectivity index (χ3n) is 2.79. The zero-order valence-corrected chi connectivity index (χ0v) is 8.29. The van der Waals surface area contributed by atoms with Gasteiger partial charge in [0.2, 0.25) is 0 Å². The summed E-state index contributed by atoms with van der Waals surface area (Å²) in [6.07, 6.45) is 4.59. The van der Waals surface area contributed by atoms with Gasteiger partial charge in [-0.3, -0.25) is 4.90 Å². The summed E-state index contributed by atoms with van der Waals surface area (Å²) in [4.78, 5) is 2.41. The molecule has 0 spiro atoms. The largest absolute Gasteiger partial charge is 0.392 e. The molecule has 12 heavy (non-hydrogen) atoms. The summed E-state index contributed by atoms with van der Waals surface area (Å²) >= 11 is 0. The lowest BCUT2D eigenvalue weighted by Gasteiger charge is -2.35. The normalized spacial score (nSPS) is 32.2. The van der Waals surface area contributed by atoms with Crippen LogP contribution in [0.5, 0.6) is 0 Å². The molecule has 72 valence electrons. The first-order valence-corrected chi connectivity index (χ1v) is 5.16. The number of rotatable bonds is 3. The van der Waals surface area contributed by atoms with Crippen LogP contribution in [0.2, 0.25) is 0 Å². The molecule has 0 unspecified atom stereocenters. The van der Waals surface area contributed by atoms with E-state index in [1.54, 1.807) is 0 Å². The first-order valence-electron chi connectivity index (χ1n) is 5.16. The van der Waals surface area contributed by atoms with Crippen LogP contribution in [0.4, 0.5) is 0 Å². The summed E-state index contributed by atoms with van der Waals surface area (Å²) in [6.45, 7) is 6.53. The quantitative estimate of drug-likeness (QED) is 0.697. The molecule has 1 fully saturated rings. The van der Waals surface area contributed by atoms with E-state index in [2.05, 4.69) is 18.7 Å². The summed E-state index contributed by atoms with van der Waals surface area (Å²) in [6, 6.07) is 0.681. The topological polar surface area (TPSA) is 23.5 Å². The molecule has 1 rings (SSSR count). The van der Waals surface area contributed by atoms with Crippen LogP contribution < -0.4 is 0 Å². The Kier molecular flexibility index (Phi) is 4.02. The van der Waals surface area contributed by atoms with Gasteiger partial charge in [-0.05, 0) is 32.7 Å². The molecule has 1 saturated heterocycles. The van der Waals surface area contributed by atoms with Crippen molar-refractivity contribution in [3.63, 3.8) is 0 Å². The average molecular weight is 171 g/mol. The highest BCUT2D eigenvalue weighted by molar-refractivity contribution is 4.77. The van der Waals surface area contributed by atoms with Gasteiger partial charge in [0, 0.05) is 12.6 Å². The summed E-state index contributed by atoms with van der Waals surface area (Å²) in [5.74, 6) is 0. The maximum atomic E-state index is 9.46. The minimum atomic E-state index is -0.0712. The Balaban J connectivity index is 2.28. The summed E-state index contributed by atoms with van der Waals surface area (Å²) < 4.78 is 0. The van der Waals surface area contributed by atoms with Crippen molar-refractivity contribution in [3.8, 4) is 0 Å². The molecule has 1 aliphatic heterocycles. The molecule has 0 aromatic heterocycles. The third kappa shape index (κ3) is 2.76. The zero-order valence-electron chi connectivity index (χ0n) is 8.29. The Morgan fingerprint density at radius 2 is 2.17 bits per heavy atom. The van der Waals surface area contributed by atoms with Crippen molar-refractivity contribution >= 4 is 0 Å². The van der Waals surface area contributed by atoms with Crippen LogP contribution in [0, 0.1) is 0 Å². The van der Waals surface area contributed by atoms with E-state index in [1.807, 2.05) is 0 Å². The average Bonchev–Trinajstić information content (AvgIpc) is 2.07. The number of hydrogen-bond acceptors (Lipinski definition) is 2. The molecule has 0 saturated carbocycles. The molecule has 2 nitrogen and oxygen atoms in total. The van der Waals surface area contributed by atoms with Gasteiger partial charge in [0.25, 0.3) is 0 Å². The first-order chi connectivity index (χ1) is 5.74. The van der Waals surface area contributed by atoms with E-state index in [0.717, 1.165) is 25.9 Å². The fourth-order valence-electron chi connectivity index (χ4n) is 1.83. The lowest BCUT2D eigenvalue weighted by molar-refractivity contribution is 0.0404. The van der Waals surface area contributed by atoms with Gasteiger partial charge in [-0.15, -0.1) is 0 Å². The predicted molar refractivity (Wildman–Crippen MR) is 51.2 cm³/mol. The zero-order chi connectivity index (χ0) is 8.97. The van der Waals surface area contributed by atoms with Crippen molar-refractivity contribution in [1.82, 2.24) is 4.90 Å². The van der Waals surface area contributed by atoms with Crippen LogP contribution in [-0.4, -0.2) is 35.2 Å². The standard InChI is InChI=1S/C10H21NO/c1-3-4-7-11-8-10(12)6-5-9(11)2/h9-10,12H,3-8H2,1-2H3/t9-,10-/m1/s1. The Morgan fingerprint density at radius 3 is 2.83 bits per heavy atom. The van der Waals surface area contributed by atoms with E-state index >= 15 is 0 Å². The van der Waals surface area contributed by atoms with Crippen molar-refractivity contribution in [3.05, 3.63) is 0 Å². The molecule has 0 bridgehead atoms. The molecular formula is C10H21NO. The molecule has 1 heterocycles. The van der Waals surface area contributed by atoms with Crippen LogP contribution in [0.25, 0.3) is 0 Å². The molecule has 2 heteroatoms. The second-order valence-electron chi connectivity index (χ2n) is 3.93. The van der Waals surface area contributed by atoms with E-state index in [4.69, 9.17) is 0 Å². The minimum absolute atomic E-state index is 0.0712. The van der Waals surface area contributed by atoms with Gasteiger partial charge in [-0.1, -0.05) is 13.3 Å².